The number of hydrogen-bond donors (Lipinski definition) is 2. The van der Waals surface area contributed by atoms with Crippen molar-refractivity contribution in [2.24, 2.45) is 5.41 Å². The summed E-state index contributed by atoms with van der Waals surface area (Å²) in [6, 6.07) is 11.3. The first-order chi connectivity index (χ1) is 12.5. The summed E-state index contributed by atoms with van der Waals surface area (Å²) in [7, 11) is 0. The average Bonchev–Trinajstić information content (AvgIpc) is 3.06. The van der Waals surface area contributed by atoms with E-state index in [2.05, 4.69) is 0 Å². The molecule has 0 saturated carbocycles. The van der Waals surface area contributed by atoms with E-state index in [9.17, 15) is 15.0 Å². The van der Waals surface area contributed by atoms with Gasteiger partial charge in [0.15, 0.2) is 0 Å². The summed E-state index contributed by atoms with van der Waals surface area (Å²) in [5.41, 5.74) is -0.272. The Morgan fingerprint density at radius 3 is 2.81 bits per heavy atom. The Morgan fingerprint density at radius 1 is 1.35 bits per heavy atom. The van der Waals surface area contributed by atoms with E-state index >= 15 is 0 Å². The van der Waals surface area contributed by atoms with Crippen molar-refractivity contribution in [2.75, 3.05) is 13.1 Å². The van der Waals surface area contributed by atoms with Crippen LogP contribution >= 0.6 is 11.6 Å². The smallest absolute Gasteiger partial charge is 0.313 e. The number of rotatable bonds is 6. The first-order valence-electron chi connectivity index (χ1n) is 8.93. The Kier molecular flexibility index (Phi) is 5.70. The molecule has 0 spiro atoms. The largest absolute Gasteiger partial charge is 0.481 e. The van der Waals surface area contributed by atoms with Crippen molar-refractivity contribution in [3.05, 3.63) is 47.2 Å². The van der Waals surface area contributed by atoms with E-state index in [1.165, 1.54) is 0 Å². The van der Waals surface area contributed by atoms with Crippen molar-refractivity contribution in [3.63, 3.8) is 0 Å². The van der Waals surface area contributed by atoms with Gasteiger partial charge >= 0.3 is 5.97 Å². The van der Waals surface area contributed by atoms with Gasteiger partial charge in [0.1, 0.15) is 16.9 Å². The maximum absolute atomic E-state index is 11.9. The number of carboxylic acids is 1. The van der Waals surface area contributed by atoms with Crippen LogP contribution in [-0.2, 0) is 11.3 Å². The number of likely N-dealkylation sites (tertiary alicyclic amines) is 1. The number of nitrogens with zero attached hydrogens (tertiary/aromatic N) is 1. The van der Waals surface area contributed by atoms with Gasteiger partial charge in [-0.25, -0.2) is 0 Å². The summed E-state index contributed by atoms with van der Waals surface area (Å²) in [6.07, 6.45) is 0.814. The summed E-state index contributed by atoms with van der Waals surface area (Å²) in [5.74, 6) is 0.528. The fourth-order valence-corrected chi connectivity index (χ4v) is 4.03. The molecule has 2 heterocycles. The zero-order chi connectivity index (χ0) is 18.7. The molecule has 1 aromatic carbocycles. The van der Waals surface area contributed by atoms with Crippen LogP contribution in [0.15, 0.2) is 40.8 Å². The van der Waals surface area contributed by atoms with E-state index in [0.717, 1.165) is 11.3 Å². The highest BCUT2D eigenvalue weighted by atomic mass is 35.5. The molecule has 26 heavy (non-hydrogen) atoms. The first-order valence-corrected chi connectivity index (χ1v) is 9.31. The molecule has 2 atom stereocenters. The van der Waals surface area contributed by atoms with E-state index < -0.39 is 17.5 Å². The molecule has 0 radical (unpaired) electrons. The average molecular weight is 378 g/mol. The zero-order valence-corrected chi connectivity index (χ0v) is 15.6. The number of hydrogen-bond acceptors (Lipinski definition) is 4. The fraction of sp³-hybridized carbons (Fsp3) is 0.450. The van der Waals surface area contributed by atoms with E-state index in [1.807, 2.05) is 48.2 Å². The van der Waals surface area contributed by atoms with Crippen molar-refractivity contribution in [1.82, 2.24) is 4.90 Å². The van der Waals surface area contributed by atoms with Crippen LogP contribution in [0.2, 0.25) is 5.02 Å². The van der Waals surface area contributed by atoms with Gasteiger partial charge < -0.3 is 14.6 Å². The molecule has 5 nitrogen and oxygen atoms in total. The third kappa shape index (κ3) is 3.65. The quantitative estimate of drug-likeness (QED) is 0.794. The zero-order valence-electron chi connectivity index (χ0n) is 14.8. The van der Waals surface area contributed by atoms with Crippen LogP contribution in [0.5, 0.6) is 0 Å². The standard InChI is InChI=1S/C20H24ClNO4/c1-2-10-20(19(24)25)13-22(11-9-18(20)23)12-14-7-8-17(26-14)15-5-3-4-6-16(15)21/h3-8,18,23H,2,9-13H2,1H3,(H,24,25)/t18-,20+/m1/s1. The molecule has 0 unspecified atom stereocenters. The van der Waals surface area contributed by atoms with Gasteiger partial charge in [0.2, 0.25) is 0 Å². The highest BCUT2D eigenvalue weighted by Crippen LogP contribution is 2.36. The van der Waals surface area contributed by atoms with E-state index in [0.29, 0.717) is 49.7 Å². The number of carboxylic acid groups (broad SMARTS) is 1. The number of aliphatic hydroxyl groups excluding tert-OH is 1. The third-order valence-corrected chi connectivity index (χ3v) is 5.49. The van der Waals surface area contributed by atoms with Gasteiger partial charge in [0.25, 0.3) is 0 Å². The molecule has 1 aliphatic rings. The summed E-state index contributed by atoms with van der Waals surface area (Å²) < 4.78 is 5.93. The number of aliphatic hydroxyl groups is 1. The Labute approximate surface area is 158 Å². The molecular formula is C20H24ClNO4. The molecule has 1 fully saturated rings. The maximum Gasteiger partial charge on any atom is 0.313 e. The van der Waals surface area contributed by atoms with Crippen molar-refractivity contribution in [1.29, 1.82) is 0 Å². The van der Waals surface area contributed by atoms with Crippen molar-refractivity contribution >= 4 is 17.6 Å². The van der Waals surface area contributed by atoms with Gasteiger partial charge in [0.05, 0.1) is 17.7 Å². The lowest BCUT2D eigenvalue weighted by Crippen LogP contribution is -2.55. The topological polar surface area (TPSA) is 73.9 Å². The van der Waals surface area contributed by atoms with Crippen molar-refractivity contribution in [3.8, 4) is 11.3 Å². The summed E-state index contributed by atoms with van der Waals surface area (Å²) in [4.78, 5) is 13.9. The molecule has 1 aliphatic heterocycles. The first kappa shape index (κ1) is 19.0. The predicted molar refractivity (Wildman–Crippen MR) is 100 cm³/mol. The van der Waals surface area contributed by atoms with Crippen LogP contribution in [-0.4, -0.2) is 40.3 Å². The number of halogens is 1. The van der Waals surface area contributed by atoms with Crippen LogP contribution in [0.25, 0.3) is 11.3 Å². The maximum atomic E-state index is 11.9. The predicted octanol–water partition coefficient (Wildman–Crippen LogP) is 4.04. The molecule has 1 aromatic heterocycles. The van der Waals surface area contributed by atoms with Crippen LogP contribution in [0, 0.1) is 5.41 Å². The van der Waals surface area contributed by atoms with Gasteiger partial charge in [0, 0.05) is 18.7 Å². The van der Waals surface area contributed by atoms with Gasteiger partial charge in [-0.1, -0.05) is 37.1 Å². The van der Waals surface area contributed by atoms with Gasteiger partial charge in [-0.15, -0.1) is 0 Å². The molecule has 3 rings (SSSR count). The minimum atomic E-state index is -1.11. The number of benzene rings is 1. The SMILES string of the molecule is CCC[C@]1(C(=O)O)CN(Cc2ccc(-c3ccccc3Cl)o2)CC[C@H]1O. The Bertz CT molecular complexity index is 775. The number of furan rings is 1. The van der Waals surface area contributed by atoms with Crippen LogP contribution in [0.3, 0.4) is 0 Å². The molecule has 140 valence electrons. The highest BCUT2D eigenvalue weighted by molar-refractivity contribution is 6.33. The molecular weight excluding hydrogens is 354 g/mol. The molecule has 0 aliphatic carbocycles. The van der Waals surface area contributed by atoms with Crippen molar-refractivity contribution in [2.45, 2.75) is 38.8 Å². The van der Waals surface area contributed by atoms with Crippen LogP contribution in [0.1, 0.15) is 31.9 Å². The molecule has 2 aromatic rings. The second kappa shape index (κ2) is 7.82. The number of aliphatic carboxylic acids is 1. The lowest BCUT2D eigenvalue weighted by molar-refractivity contribution is -0.164. The second-order valence-corrected chi connectivity index (χ2v) is 7.38. The van der Waals surface area contributed by atoms with Crippen molar-refractivity contribution < 1.29 is 19.4 Å². The number of carbonyl (C=O) groups is 1. The lowest BCUT2D eigenvalue weighted by atomic mass is 9.74. The third-order valence-electron chi connectivity index (χ3n) is 5.16. The van der Waals surface area contributed by atoms with Crippen LogP contribution < -0.4 is 0 Å². The summed E-state index contributed by atoms with van der Waals surface area (Å²) in [6.45, 7) is 3.41. The van der Waals surface area contributed by atoms with Gasteiger partial charge in [-0.2, -0.15) is 0 Å². The highest BCUT2D eigenvalue weighted by Gasteiger charge is 2.48. The molecule has 1 saturated heterocycles. The molecule has 6 heteroatoms. The molecule has 0 bridgehead atoms. The minimum absolute atomic E-state index is 0.319. The minimum Gasteiger partial charge on any atom is -0.481 e. The van der Waals surface area contributed by atoms with Crippen LogP contribution in [0.4, 0.5) is 0 Å². The number of piperidine rings is 1. The second-order valence-electron chi connectivity index (χ2n) is 6.97. The molecule has 0 amide bonds. The molecule has 2 N–H and O–H groups in total. The Morgan fingerprint density at radius 2 is 2.12 bits per heavy atom. The monoisotopic (exact) mass is 377 g/mol. The van der Waals surface area contributed by atoms with Gasteiger partial charge in [-0.05, 0) is 37.1 Å². The van der Waals surface area contributed by atoms with Gasteiger partial charge in [-0.3, -0.25) is 9.69 Å². The van der Waals surface area contributed by atoms with E-state index in [4.69, 9.17) is 16.0 Å². The summed E-state index contributed by atoms with van der Waals surface area (Å²) in [5, 5.41) is 20.7. The normalized spacial score (nSPS) is 23.9. The Hall–Kier alpha value is -1.82. The Balaban J connectivity index is 1.75. The van der Waals surface area contributed by atoms with E-state index in [-0.39, 0.29) is 0 Å². The summed E-state index contributed by atoms with van der Waals surface area (Å²) >= 11 is 6.22. The van der Waals surface area contributed by atoms with E-state index in [1.54, 1.807) is 0 Å². The lowest BCUT2D eigenvalue weighted by Gasteiger charge is -2.43. The fourth-order valence-electron chi connectivity index (χ4n) is 3.80.